The molecule has 3 aromatic rings. The molecular weight excluding hydrogens is 619 g/mol. The fourth-order valence-electron chi connectivity index (χ4n) is 4.40. The van der Waals surface area contributed by atoms with Crippen LogP contribution in [0.3, 0.4) is 0 Å². The average Bonchev–Trinajstić information content (AvgIpc) is 3.00. The van der Waals surface area contributed by atoms with Crippen LogP contribution in [0.1, 0.15) is 44.7 Å². The Morgan fingerprint density at radius 2 is 1.61 bits per heavy atom. The monoisotopic (exact) mass is 653 g/mol. The summed E-state index contributed by atoms with van der Waals surface area (Å²) in [4.78, 5) is 28.5. The molecule has 3 aromatic carbocycles. The molecule has 0 aliphatic carbocycles. The molecule has 8 nitrogen and oxygen atoms in total. The van der Waals surface area contributed by atoms with Crippen molar-refractivity contribution in [2.75, 3.05) is 18.0 Å². The summed E-state index contributed by atoms with van der Waals surface area (Å²) in [5, 5.41) is 2.55. The first-order chi connectivity index (χ1) is 20.7. The van der Waals surface area contributed by atoms with Gasteiger partial charge in [0, 0.05) is 12.6 Å². The van der Waals surface area contributed by atoms with Crippen LogP contribution in [0.4, 0.5) is 18.9 Å². The van der Waals surface area contributed by atoms with E-state index in [-0.39, 0.29) is 28.9 Å². The van der Waals surface area contributed by atoms with E-state index in [4.69, 9.17) is 16.3 Å². The van der Waals surface area contributed by atoms with Crippen molar-refractivity contribution < 1.29 is 35.9 Å². The molecule has 0 radical (unpaired) electrons. The van der Waals surface area contributed by atoms with Crippen LogP contribution >= 0.6 is 11.6 Å². The van der Waals surface area contributed by atoms with Gasteiger partial charge >= 0.3 is 6.18 Å². The minimum Gasteiger partial charge on any atom is -0.497 e. The molecule has 2 amide bonds. The van der Waals surface area contributed by atoms with Crippen molar-refractivity contribution in [3.63, 3.8) is 0 Å². The Kier molecular flexibility index (Phi) is 11.7. The first-order valence-electron chi connectivity index (χ1n) is 13.9. The average molecular weight is 654 g/mol. The number of sulfonamides is 1. The Hall–Kier alpha value is -3.77. The Balaban J connectivity index is 2.14. The van der Waals surface area contributed by atoms with Crippen molar-refractivity contribution in [3.8, 4) is 5.75 Å². The van der Waals surface area contributed by atoms with Crippen LogP contribution in [-0.4, -0.2) is 50.9 Å². The second-order valence-corrected chi connectivity index (χ2v) is 12.4. The molecule has 44 heavy (non-hydrogen) atoms. The van der Waals surface area contributed by atoms with Gasteiger partial charge in [-0.15, -0.1) is 0 Å². The van der Waals surface area contributed by atoms with Gasteiger partial charge in [-0.2, -0.15) is 13.2 Å². The molecule has 0 aliphatic heterocycles. The molecule has 0 heterocycles. The maximum absolute atomic E-state index is 14.1. The van der Waals surface area contributed by atoms with Gasteiger partial charge in [-0.3, -0.25) is 13.9 Å². The molecule has 0 spiro atoms. The van der Waals surface area contributed by atoms with Gasteiger partial charge in [0.1, 0.15) is 18.3 Å². The zero-order valence-corrected chi connectivity index (χ0v) is 26.3. The lowest BCUT2D eigenvalue weighted by Crippen LogP contribution is -2.53. The summed E-state index contributed by atoms with van der Waals surface area (Å²) in [5.74, 6) is -0.703. The summed E-state index contributed by atoms with van der Waals surface area (Å²) < 4.78 is 74.7. The second-order valence-electron chi connectivity index (χ2n) is 10.1. The van der Waals surface area contributed by atoms with E-state index in [1.54, 1.807) is 37.3 Å². The number of hydrogen-bond donors (Lipinski definition) is 1. The zero-order chi connectivity index (χ0) is 32.7. The third-order valence-corrected chi connectivity index (χ3v) is 9.14. The Bertz CT molecular complexity index is 1540. The quantitative estimate of drug-likeness (QED) is 0.234. The normalized spacial score (nSPS) is 13.1. The van der Waals surface area contributed by atoms with E-state index >= 15 is 0 Å². The predicted octanol–water partition coefficient (Wildman–Crippen LogP) is 6.28. The number of benzene rings is 3. The molecule has 0 unspecified atom stereocenters. The van der Waals surface area contributed by atoms with Crippen LogP contribution in [0.15, 0.2) is 77.7 Å². The van der Waals surface area contributed by atoms with Crippen LogP contribution in [0.2, 0.25) is 5.02 Å². The van der Waals surface area contributed by atoms with Gasteiger partial charge in [0.25, 0.3) is 10.0 Å². The molecule has 0 saturated carbocycles. The van der Waals surface area contributed by atoms with E-state index in [1.807, 2.05) is 13.8 Å². The lowest BCUT2D eigenvalue weighted by molar-refractivity contribution is -0.140. The number of carbonyl (C=O) groups is 2. The molecule has 0 bridgehead atoms. The number of methoxy groups -OCH3 is 1. The summed E-state index contributed by atoms with van der Waals surface area (Å²) in [6.07, 6.45) is -4.00. The van der Waals surface area contributed by atoms with Crippen molar-refractivity contribution in [2.24, 2.45) is 0 Å². The molecule has 3 rings (SSSR count). The fraction of sp³-hybridized carbons (Fsp3) is 0.355. The number of amides is 2. The standard InChI is InChI=1S/C31H35ClF3N3O5S/c1-5-21(3)36-30(40)27(6-2)37(19-22-12-15-24(43-4)16-13-22)29(39)20-38(44(41,42)25-10-8-7-9-11-25)28-18-23(31(33,34)35)14-17-26(28)32/h7-18,21,27H,5-6,19-20H2,1-4H3,(H,36,40)/t21-,27-/m1/s1. The van der Waals surface area contributed by atoms with Crippen LogP contribution in [0.25, 0.3) is 0 Å². The smallest absolute Gasteiger partial charge is 0.416 e. The number of anilines is 1. The number of carbonyl (C=O) groups excluding carboxylic acids is 2. The van der Waals surface area contributed by atoms with Crippen LogP contribution in [-0.2, 0) is 32.3 Å². The number of nitrogens with one attached hydrogen (secondary N) is 1. The van der Waals surface area contributed by atoms with Crippen LogP contribution in [0.5, 0.6) is 5.75 Å². The molecule has 2 atom stereocenters. The van der Waals surface area contributed by atoms with Gasteiger partial charge in [0.2, 0.25) is 11.8 Å². The molecular formula is C31H35ClF3N3O5S. The van der Waals surface area contributed by atoms with E-state index in [2.05, 4.69) is 5.32 Å². The highest BCUT2D eigenvalue weighted by Gasteiger charge is 2.37. The lowest BCUT2D eigenvalue weighted by atomic mass is 10.1. The highest BCUT2D eigenvalue weighted by Crippen LogP contribution is 2.37. The molecule has 0 aliphatic rings. The number of hydrogen-bond acceptors (Lipinski definition) is 5. The Morgan fingerprint density at radius 1 is 0.977 bits per heavy atom. The van der Waals surface area contributed by atoms with Crippen molar-refractivity contribution in [1.82, 2.24) is 10.2 Å². The Morgan fingerprint density at radius 3 is 2.16 bits per heavy atom. The third kappa shape index (κ3) is 8.44. The maximum atomic E-state index is 14.1. The summed E-state index contributed by atoms with van der Waals surface area (Å²) in [6.45, 7) is 4.38. The van der Waals surface area contributed by atoms with Crippen molar-refractivity contribution in [2.45, 2.75) is 63.3 Å². The molecule has 238 valence electrons. The molecule has 0 fully saturated rings. The summed E-state index contributed by atoms with van der Waals surface area (Å²) >= 11 is 6.30. The van der Waals surface area contributed by atoms with Gasteiger partial charge < -0.3 is 15.0 Å². The molecule has 13 heteroatoms. The van der Waals surface area contributed by atoms with E-state index in [0.717, 1.165) is 12.1 Å². The first-order valence-corrected chi connectivity index (χ1v) is 15.7. The van der Waals surface area contributed by atoms with E-state index < -0.39 is 51.9 Å². The first kappa shape index (κ1) is 34.7. The second kappa shape index (κ2) is 14.8. The van der Waals surface area contributed by atoms with Gasteiger partial charge in [-0.1, -0.05) is 55.8 Å². The summed E-state index contributed by atoms with van der Waals surface area (Å²) in [5.41, 5.74) is -1.06. The third-order valence-electron chi connectivity index (χ3n) is 7.05. The molecule has 0 aromatic heterocycles. The Labute approximate surface area is 260 Å². The number of rotatable bonds is 13. The number of nitrogens with zero attached hydrogens (tertiary/aromatic N) is 2. The SMILES string of the molecule is CC[C@@H](C)NC(=O)[C@@H](CC)N(Cc1ccc(OC)cc1)C(=O)CN(c1cc(C(F)(F)F)ccc1Cl)S(=O)(=O)c1ccccc1. The maximum Gasteiger partial charge on any atom is 0.416 e. The van der Waals surface area contributed by atoms with Crippen molar-refractivity contribution in [1.29, 1.82) is 0 Å². The van der Waals surface area contributed by atoms with Gasteiger partial charge in [0.15, 0.2) is 0 Å². The minimum atomic E-state index is -4.81. The lowest BCUT2D eigenvalue weighted by Gasteiger charge is -2.34. The van der Waals surface area contributed by atoms with Gasteiger partial charge in [-0.25, -0.2) is 8.42 Å². The molecule has 0 saturated heterocycles. The molecule has 1 N–H and O–H groups in total. The minimum absolute atomic E-state index is 0.0925. The van der Waals surface area contributed by atoms with Crippen LogP contribution < -0.4 is 14.4 Å². The summed E-state index contributed by atoms with van der Waals surface area (Å²) in [7, 11) is -3.11. The largest absolute Gasteiger partial charge is 0.497 e. The van der Waals surface area contributed by atoms with Crippen molar-refractivity contribution in [3.05, 3.63) is 88.9 Å². The summed E-state index contributed by atoms with van der Waals surface area (Å²) in [6, 6.07) is 14.8. The number of alkyl halides is 3. The van der Waals surface area contributed by atoms with Crippen molar-refractivity contribution >= 4 is 39.1 Å². The van der Waals surface area contributed by atoms with Gasteiger partial charge in [0.05, 0.1) is 28.3 Å². The van der Waals surface area contributed by atoms with E-state index in [1.165, 1.54) is 36.3 Å². The van der Waals surface area contributed by atoms with E-state index in [0.29, 0.717) is 28.1 Å². The van der Waals surface area contributed by atoms with Crippen LogP contribution in [0, 0.1) is 0 Å². The van der Waals surface area contributed by atoms with E-state index in [9.17, 15) is 31.2 Å². The highest BCUT2D eigenvalue weighted by molar-refractivity contribution is 7.92. The van der Waals surface area contributed by atoms with Gasteiger partial charge in [-0.05, 0) is 67.8 Å². The topological polar surface area (TPSA) is 96.0 Å². The number of ether oxygens (including phenoxy) is 1. The highest BCUT2D eigenvalue weighted by atomic mass is 35.5. The zero-order valence-electron chi connectivity index (χ0n) is 24.8. The number of halogens is 4. The fourth-order valence-corrected chi connectivity index (χ4v) is 6.12. The predicted molar refractivity (Wildman–Crippen MR) is 163 cm³/mol.